The smallest absolute Gasteiger partial charge is 0.416 e. The zero-order valence-electron chi connectivity index (χ0n) is 10.6. The van der Waals surface area contributed by atoms with E-state index in [1.165, 1.54) is 0 Å². The molecule has 2 unspecified atom stereocenters. The minimum Gasteiger partial charge on any atom is -0.481 e. The second-order valence-corrected chi connectivity index (χ2v) is 4.93. The zero-order valence-corrected chi connectivity index (χ0v) is 10.6. The molecule has 2 aliphatic rings. The monoisotopic (exact) mass is 270 g/mol. The highest BCUT2D eigenvalue weighted by molar-refractivity contribution is 5.93. The van der Waals surface area contributed by atoms with Crippen molar-refractivity contribution in [2.75, 3.05) is 26.2 Å². The third kappa shape index (κ3) is 3.23. The van der Waals surface area contributed by atoms with E-state index in [-0.39, 0.29) is 30.9 Å². The maximum atomic E-state index is 11.7. The van der Waals surface area contributed by atoms with Crippen LogP contribution >= 0.6 is 0 Å². The molecule has 1 saturated carbocycles. The van der Waals surface area contributed by atoms with Crippen molar-refractivity contribution in [3.05, 3.63) is 0 Å². The maximum absolute atomic E-state index is 11.7. The van der Waals surface area contributed by atoms with Crippen LogP contribution in [0.4, 0.5) is 4.79 Å². The highest BCUT2D eigenvalue weighted by atomic mass is 16.6. The minimum absolute atomic E-state index is 0.0396. The molecule has 0 radical (unpaired) electrons. The van der Waals surface area contributed by atoms with Crippen molar-refractivity contribution in [2.24, 2.45) is 11.8 Å². The SMILES string of the molecule is O=C(O)C1CCCC1CNCC(=O)N1CCOC1=O. The van der Waals surface area contributed by atoms with Gasteiger partial charge in [-0.05, 0) is 25.3 Å². The number of amides is 2. The van der Waals surface area contributed by atoms with Crippen molar-refractivity contribution in [1.29, 1.82) is 0 Å². The van der Waals surface area contributed by atoms with Gasteiger partial charge in [-0.3, -0.25) is 9.59 Å². The molecule has 1 heterocycles. The van der Waals surface area contributed by atoms with Gasteiger partial charge in [0.25, 0.3) is 0 Å². The molecule has 2 amide bonds. The zero-order chi connectivity index (χ0) is 13.8. The number of nitrogens with one attached hydrogen (secondary N) is 1. The third-order valence-electron chi connectivity index (χ3n) is 3.72. The van der Waals surface area contributed by atoms with Gasteiger partial charge in [-0.15, -0.1) is 0 Å². The van der Waals surface area contributed by atoms with Crippen molar-refractivity contribution in [3.8, 4) is 0 Å². The van der Waals surface area contributed by atoms with Gasteiger partial charge in [0.1, 0.15) is 6.61 Å². The predicted molar refractivity (Wildman–Crippen MR) is 64.4 cm³/mol. The number of carbonyl (C=O) groups excluding carboxylic acids is 2. The molecule has 106 valence electrons. The van der Waals surface area contributed by atoms with Crippen LogP contribution in [0.25, 0.3) is 0 Å². The molecule has 0 spiro atoms. The van der Waals surface area contributed by atoms with Crippen LogP contribution in [-0.4, -0.2) is 54.2 Å². The van der Waals surface area contributed by atoms with Gasteiger partial charge in [0.2, 0.25) is 5.91 Å². The molecule has 1 aliphatic heterocycles. The molecule has 19 heavy (non-hydrogen) atoms. The lowest BCUT2D eigenvalue weighted by molar-refractivity contribution is -0.142. The Balaban J connectivity index is 1.73. The average Bonchev–Trinajstić information content (AvgIpc) is 2.97. The largest absolute Gasteiger partial charge is 0.481 e. The second kappa shape index (κ2) is 6.01. The summed E-state index contributed by atoms with van der Waals surface area (Å²) in [6.07, 6.45) is 1.88. The second-order valence-electron chi connectivity index (χ2n) is 4.93. The molecule has 1 aliphatic carbocycles. The molecule has 7 heteroatoms. The van der Waals surface area contributed by atoms with E-state index in [9.17, 15) is 14.4 Å². The van der Waals surface area contributed by atoms with Crippen molar-refractivity contribution in [2.45, 2.75) is 19.3 Å². The Hall–Kier alpha value is -1.63. The van der Waals surface area contributed by atoms with E-state index in [1.54, 1.807) is 0 Å². The van der Waals surface area contributed by atoms with Gasteiger partial charge in [-0.2, -0.15) is 0 Å². The Morgan fingerprint density at radius 2 is 2.21 bits per heavy atom. The van der Waals surface area contributed by atoms with E-state index in [2.05, 4.69) is 10.1 Å². The van der Waals surface area contributed by atoms with Crippen LogP contribution in [0.5, 0.6) is 0 Å². The van der Waals surface area contributed by atoms with Crippen LogP contribution in [0, 0.1) is 11.8 Å². The molecule has 2 atom stereocenters. The van der Waals surface area contributed by atoms with E-state index < -0.39 is 12.1 Å². The fourth-order valence-electron chi connectivity index (χ4n) is 2.69. The van der Waals surface area contributed by atoms with Crippen molar-refractivity contribution < 1.29 is 24.2 Å². The number of hydrogen-bond acceptors (Lipinski definition) is 5. The first-order valence-electron chi connectivity index (χ1n) is 6.50. The van der Waals surface area contributed by atoms with Crippen LogP contribution in [0.3, 0.4) is 0 Å². The molecule has 7 nitrogen and oxygen atoms in total. The predicted octanol–water partition coefficient (Wildman–Crippen LogP) is 0.0557. The number of imide groups is 1. The third-order valence-corrected chi connectivity index (χ3v) is 3.72. The van der Waals surface area contributed by atoms with E-state index in [4.69, 9.17) is 5.11 Å². The van der Waals surface area contributed by atoms with Gasteiger partial charge in [-0.1, -0.05) is 6.42 Å². The van der Waals surface area contributed by atoms with Crippen LogP contribution < -0.4 is 5.32 Å². The lowest BCUT2D eigenvalue weighted by atomic mass is 9.96. The summed E-state index contributed by atoms with van der Waals surface area (Å²) in [7, 11) is 0. The summed E-state index contributed by atoms with van der Waals surface area (Å²) in [5.41, 5.74) is 0. The minimum atomic E-state index is -0.765. The van der Waals surface area contributed by atoms with E-state index >= 15 is 0 Å². The van der Waals surface area contributed by atoms with Gasteiger partial charge in [0.15, 0.2) is 0 Å². The Bertz CT molecular complexity index is 384. The molecule has 1 saturated heterocycles. The highest BCUT2D eigenvalue weighted by Gasteiger charge is 2.33. The summed E-state index contributed by atoms with van der Waals surface area (Å²) in [5, 5.41) is 12.0. The van der Waals surface area contributed by atoms with Gasteiger partial charge >= 0.3 is 12.1 Å². The Labute approximate surface area is 110 Å². The van der Waals surface area contributed by atoms with Crippen LogP contribution in [-0.2, 0) is 14.3 Å². The van der Waals surface area contributed by atoms with E-state index in [0.717, 1.165) is 17.7 Å². The first-order chi connectivity index (χ1) is 9.09. The summed E-state index contributed by atoms with van der Waals surface area (Å²) in [6, 6.07) is 0. The summed E-state index contributed by atoms with van der Waals surface area (Å²) in [5.74, 6) is -1.35. The summed E-state index contributed by atoms with van der Waals surface area (Å²) in [6.45, 7) is 1.07. The number of cyclic esters (lactones) is 1. The van der Waals surface area contributed by atoms with Crippen LogP contribution in [0.15, 0.2) is 0 Å². The number of nitrogens with zero attached hydrogens (tertiary/aromatic N) is 1. The van der Waals surface area contributed by atoms with Gasteiger partial charge in [0, 0.05) is 0 Å². The first-order valence-corrected chi connectivity index (χ1v) is 6.50. The van der Waals surface area contributed by atoms with Gasteiger partial charge < -0.3 is 15.2 Å². The number of carboxylic acid groups (broad SMARTS) is 1. The van der Waals surface area contributed by atoms with E-state index in [0.29, 0.717) is 19.5 Å². The van der Waals surface area contributed by atoms with E-state index in [1.807, 2.05) is 0 Å². The number of hydrogen-bond donors (Lipinski definition) is 2. The molecule has 0 aromatic heterocycles. The topological polar surface area (TPSA) is 95.9 Å². The Kier molecular flexibility index (Phi) is 4.36. The number of rotatable bonds is 5. The lowest BCUT2D eigenvalue weighted by Crippen LogP contribution is -2.40. The summed E-state index contributed by atoms with van der Waals surface area (Å²) < 4.78 is 4.68. The summed E-state index contributed by atoms with van der Waals surface area (Å²) in [4.78, 5) is 34.9. The molecule has 0 aromatic rings. The van der Waals surface area contributed by atoms with Crippen molar-refractivity contribution in [3.63, 3.8) is 0 Å². The quantitative estimate of drug-likeness (QED) is 0.733. The molecular formula is C12H18N2O5. The fourth-order valence-corrected chi connectivity index (χ4v) is 2.69. The summed E-state index contributed by atoms with van der Waals surface area (Å²) >= 11 is 0. The molecule has 0 aromatic carbocycles. The Morgan fingerprint density at radius 3 is 2.84 bits per heavy atom. The number of carbonyl (C=O) groups is 3. The van der Waals surface area contributed by atoms with Crippen LogP contribution in [0.2, 0.25) is 0 Å². The first kappa shape index (κ1) is 13.8. The lowest BCUT2D eigenvalue weighted by Gasteiger charge is -2.17. The molecular weight excluding hydrogens is 252 g/mol. The highest BCUT2D eigenvalue weighted by Crippen LogP contribution is 2.31. The molecule has 0 bridgehead atoms. The molecule has 2 N–H and O–H groups in total. The standard InChI is InChI=1S/C12H18N2O5/c15-10(14-4-5-19-12(14)18)7-13-6-8-2-1-3-9(8)11(16)17/h8-9,13H,1-7H2,(H,16,17). The number of ether oxygens (including phenoxy) is 1. The maximum Gasteiger partial charge on any atom is 0.416 e. The van der Waals surface area contributed by atoms with Gasteiger partial charge in [-0.25, -0.2) is 9.69 Å². The normalized spacial score (nSPS) is 26.5. The van der Waals surface area contributed by atoms with Crippen LogP contribution in [0.1, 0.15) is 19.3 Å². The number of carboxylic acids is 1. The molecule has 2 fully saturated rings. The number of aliphatic carboxylic acids is 1. The van der Waals surface area contributed by atoms with Crippen molar-refractivity contribution in [1.82, 2.24) is 10.2 Å². The van der Waals surface area contributed by atoms with Crippen molar-refractivity contribution >= 4 is 18.0 Å². The van der Waals surface area contributed by atoms with Gasteiger partial charge in [0.05, 0.1) is 19.0 Å². The Morgan fingerprint density at radius 1 is 1.42 bits per heavy atom. The molecule has 2 rings (SSSR count). The fraction of sp³-hybridized carbons (Fsp3) is 0.750. The average molecular weight is 270 g/mol.